The largest absolute Gasteiger partial charge is 0.493 e. The molecule has 144 valence electrons. The SMILES string of the molecule is C#CCOc1c(I)cc(C=NNc2nc(C)cc(COC)c2C#N)cc1OC. The number of aryl methyl sites for hydroxylation is 1. The lowest BCUT2D eigenvalue weighted by Crippen LogP contribution is -2.04. The molecule has 0 fully saturated rings. The average molecular weight is 490 g/mol. The number of terminal acetylenes is 1. The molecule has 0 atom stereocenters. The Morgan fingerprint density at radius 3 is 2.79 bits per heavy atom. The van der Waals surface area contributed by atoms with Gasteiger partial charge in [-0.15, -0.1) is 6.42 Å². The average Bonchev–Trinajstić information content (AvgIpc) is 2.67. The fraction of sp³-hybridized carbons (Fsp3) is 0.250. The lowest BCUT2D eigenvalue weighted by molar-refractivity contribution is 0.184. The van der Waals surface area contributed by atoms with Crippen molar-refractivity contribution >= 4 is 34.6 Å². The van der Waals surface area contributed by atoms with Gasteiger partial charge in [0.15, 0.2) is 17.3 Å². The minimum atomic E-state index is 0.154. The van der Waals surface area contributed by atoms with Crippen LogP contribution < -0.4 is 14.9 Å². The topological polar surface area (TPSA) is 88.8 Å². The van der Waals surface area contributed by atoms with E-state index in [1.165, 1.54) is 0 Å². The number of hydrogen-bond acceptors (Lipinski definition) is 7. The van der Waals surface area contributed by atoms with Crippen LogP contribution in [0.25, 0.3) is 0 Å². The lowest BCUT2D eigenvalue weighted by Gasteiger charge is -2.12. The molecular weight excluding hydrogens is 471 g/mol. The van der Waals surface area contributed by atoms with E-state index < -0.39 is 0 Å². The third-order valence-corrected chi connectivity index (χ3v) is 4.38. The zero-order valence-corrected chi connectivity index (χ0v) is 17.9. The number of nitrogens with zero attached hydrogens (tertiary/aromatic N) is 3. The molecule has 1 N–H and O–H groups in total. The molecule has 0 unspecified atom stereocenters. The number of rotatable bonds is 8. The van der Waals surface area contributed by atoms with Crippen LogP contribution in [0.15, 0.2) is 23.3 Å². The molecule has 0 aliphatic carbocycles. The Morgan fingerprint density at radius 2 is 2.14 bits per heavy atom. The summed E-state index contributed by atoms with van der Waals surface area (Å²) < 4.78 is 16.9. The Morgan fingerprint density at radius 1 is 1.36 bits per heavy atom. The predicted octanol–water partition coefficient (Wildman–Crippen LogP) is 3.48. The molecule has 2 aromatic rings. The number of methoxy groups -OCH3 is 2. The summed E-state index contributed by atoms with van der Waals surface area (Å²) in [6.45, 7) is 2.32. The van der Waals surface area contributed by atoms with Gasteiger partial charge in [0.25, 0.3) is 0 Å². The first-order valence-corrected chi connectivity index (χ1v) is 9.24. The molecule has 1 aromatic heterocycles. The van der Waals surface area contributed by atoms with Crippen molar-refractivity contribution in [2.45, 2.75) is 13.5 Å². The second-order valence-corrected chi connectivity index (χ2v) is 6.75. The number of hydrogen-bond donors (Lipinski definition) is 1. The Kier molecular flexibility index (Phi) is 8.05. The molecule has 7 nitrogen and oxygen atoms in total. The van der Waals surface area contributed by atoms with Gasteiger partial charge < -0.3 is 14.2 Å². The minimum Gasteiger partial charge on any atom is -0.493 e. The van der Waals surface area contributed by atoms with Gasteiger partial charge in [-0.1, -0.05) is 5.92 Å². The van der Waals surface area contributed by atoms with Crippen LogP contribution in [-0.2, 0) is 11.3 Å². The maximum absolute atomic E-state index is 9.46. The number of nitrogens with one attached hydrogen (secondary N) is 1. The van der Waals surface area contributed by atoms with Gasteiger partial charge in [0, 0.05) is 18.4 Å². The summed E-state index contributed by atoms with van der Waals surface area (Å²) in [5.41, 5.74) is 5.53. The van der Waals surface area contributed by atoms with Crippen molar-refractivity contribution < 1.29 is 14.2 Å². The molecule has 2 rings (SSSR count). The number of halogens is 1. The quantitative estimate of drug-likeness (QED) is 0.264. The van der Waals surface area contributed by atoms with Gasteiger partial charge >= 0.3 is 0 Å². The van der Waals surface area contributed by atoms with Gasteiger partial charge in [-0.3, -0.25) is 5.43 Å². The molecule has 0 bridgehead atoms. The molecule has 0 radical (unpaired) electrons. The number of nitriles is 1. The van der Waals surface area contributed by atoms with Crippen molar-refractivity contribution in [3.05, 3.63) is 44.2 Å². The minimum absolute atomic E-state index is 0.154. The van der Waals surface area contributed by atoms with Gasteiger partial charge in [-0.2, -0.15) is 10.4 Å². The Hall–Kier alpha value is -2.82. The van der Waals surface area contributed by atoms with Gasteiger partial charge in [-0.05, 0) is 53.3 Å². The number of pyridine rings is 1. The first kappa shape index (κ1) is 21.5. The van der Waals surface area contributed by atoms with E-state index in [4.69, 9.17) is 20.6 Å². The van der Waals surface area contributed by atoms with E-state index in [9.17, 15) is 5.26 Å². The zero-order valence-electron chi connectivity index (χ0n) is 15.7. The first-order chi connectivity index (χ1) is 13.5. The van der Waals surface area contributed by atoms with E-state index in [1.54, 1.807) is 26.5 Å². The van der Waals surface area contributed by atoms with Crippen molar-refractivity contribution in [1.82, 2.24) is 4.98 Å². The van der Waals surface area contributed by atoms with Crippen LogP contribution in [0.4, 0.5) is 5.82 Å². The molecule has 0 saturated heterocycles. The highest BCUT2D eigenvalue weighted by atomic mass is 127. The summed E-state index contributed by atoms with van der Waals surface area (Å²) in [6, 6.07) is 7.63. The highest BCUT2D eigenvalue weighted by molar-refractivity contribution is 14.1. The number of anilines is 1. The lowest BCUT2D eigenvalue weighted by atomic mass is 10.1. The molecular formula is C20H19IN4O3. The van der Waals surface area contributed by atoms with E-state index in [2.05, 4.69) is 50.1 Å². The molecule has 0 amide bonds. The predicted molar refractivity (Wildman–Crippen MR) is 116 cm³/mol. The highest BCUT2D eigenvalue weighted by Crippen LogP contribution is 2.33. The number of benzene rings is 1. The van der Waals surface area contributed by atoms with E-state index in [-0.39, 0.29) is 6.61 Å². The van der Waals surface area contributed by atoms with Crippen LogP contribution in [0.3, 0.4) is 0 Å². The monoisotopic (exact) mass is 490 g/mol. The Balaban J connectivity index is 2.27. The molecule has 0 aliphatic rings. The molecule has 1 heterocycles. The van der Waals surface area contributed by atoms with Crippen molar-refractivity contribution in [2.75, 3.05) is 26.3 Å². The maximum Gasteiger partial charge on any atom is 0.175 e. The number of ether oxygens (including phenoxy) is 3. The summed E-state index contributed by atoms with van der Waals surface area (Å²) >= 11 is 2.14. The molecule has 28 heavy (non-hydrogen) atoms. The standard InChI is InChI=1S/C20H19IN4O3/c1-5-6-28-19-17(21)8-14(9-18(19)27-4)11-23-25-20-16(10-22)15(12-26-3)7-13(2)24-20/h1,7-9,11H,6,12H2,2-4H3,(H,24,25). The van der Waals surface area contributed by atoms with Gasteiger partial charge in [0.1, 0.15) is 18.2 Å². The second kappa shape index (κ2) is 10.5. The molecule has 1 aromatic carbocycles. The second-order valence-electron chi connectivity index (χ2n) is 5.59. The van der Waals surface area contributed by atoms with Crippen LogP contribution in [0, 0.1) is 34.2 Å². The van der Waals surface area contributed by atoms with Crippen molar-refractivity contribution in [2.24, 2.45) is 5.10 Å². The van der Waals surface area contributed by atoms with Gasteiger partial charge in [-0.25, -0.2) is 4.98 Å². The van der Waals surface area contributed by atoms with Crippen molar-refractivity contribution in [3.63, 3.8) is 0 Å². The zero-order chi connectivity index (χ0) is 20.5. The van der Waals surface area contributed by atoms with Crippen LogP contribution in [0.2, 0.25) is 0 Å². The normalized spacial score (nSPS) is 10.4. The molecule has 0 saturated carbocycles. The van der Waals surface area contributed by atoms with E-state index in [0.717, 1.165) is 20.4 Å². The third kappa shape index (κ3) is 5.35. The van der Waals surface area contributed by atoms with E-state index >= 15 is 0 Å². The van der Waals surface area contributed by atoms with E-state index in [0.29, 0.717) is 29.5 Å². The number of hydrazone groups is 1. The van der Waals surface area contributed by atoms with Crippen LogP contribution in [0.1, 0.15) is 22.4 Å². The van der Waals surface area contributed by atoms with Crippen molar-refractivity contribution in [3.8, 4) is 29.9 Å². The van der Waals surface area contributed by atoms with Gasteiger partial charge in [0.05, 0.1) is 23.5 Å². The maximum atomic E-state index is 9.46. The summed E-state index contributed by atoms with van der Waals surface area (Å²) in [6.07, 6.45) is 6.86. The third-order valence-electron chi connectivity index (χ3n) is 3.58. The Bertz CT molecular complexity index is 961. The number of aromatic nitrogens is 1. The van der Waals surface area contributed by atoms with E-state index in [1.807, 2.05) is 19.1 Å². The van der Waals surface area contributed by atoms with Crippen molar-refractivity contribution in [1.29, 1.82) is 5.26 Å². The fourth-order valence-corrected chi connectivity index (χ4v) is 3.23. The molecule has 0 spiro atoms. The molecule has 8 heteroatoms. The van der Waals surface area contributed by atoms with Crippen LogP contribution in [-0.4, -0.2) is 32.0 Å². The smallest absolute Gasteiger partial charge is 0.175 e. The fourth-order valence-electron chi connectivity index (χ4n) is 2.45. The Labute approximate surface area is 177 Å². The summed E-state index contributed by atoms with van der Waals surface area (Å²) in [5.74, 6) is 3.95. The summed E-state index contributed by atoms with van der Waals surface area (Å²) in [5, 5.41) is 13.7. The summed E-state index contributed by atoms with van der Waals surface area (Å²) in [7, 11) is 3.13. The van der Waals surface area contributed by atoms with Crippen LogP contribution >= 0.6 is 22.6 Å². The van der Waals surface area contributed by atoms with Gasteiger partial charge in [0.2, 0.25) is 0 Å². The molecule has 0 aliphatic heterocycles. The first-order valence-electron chi connectivity index (χ1n) is 8.16. The highest BCUT2D eigenvalue weighted by Gasteiger charge is 2.12. The summed E-state index contributed by atoms with van der Waals surface area (Å²) in [4.78, 5) is 4.35. The van der Waals surface area contributed by atoms with Crippen LogP contribution in [0.5, 0.6) is 11.5 Å².